The predicted molar refractivity (Wildman–Crippen MR) is 146 cm³/mol. The minimum Gasteiger partial charge on any atom is -0.488 e. The number of hydrogen-bond donors (Lipinski definition) is 2. The maximum absolute atomic E-state index is 12.1. The number of hydrogen-bond acceptors (Lipinski definition) is 3. The fraction of sp³-hybridized carbons (Fsp3) is 0.0769. The second-order valence-corrected chi connectivity index (χ2v) is 9.46. The molecule has 0 radical (unpaired) electrons. The predicted octanol–water partition coefficient (Wildman–Crippen LogP) is 7.25. The Morgan fingerprint density at radius 1 is 1.03 bits per heavy atom. The molecule has 0 aliphatic carbocycles. The first-order valence-electron chi connectivity index (χ1n) is 10.2. The summed E-state index contributed by atoms with van der Waals surface area (Å²) in [7, 11) is 0. The van der Waals surface area contributed by atoms with E-state index in [9.17, 15) is 4.79 Å². The third-order valence-corrected chi connectivity index (χ3v) is 6.69. The summed E-state index contributed by atoms with van der Waals surface area (Å²) in [5.41, 5.74) is 6.19. The van der Waals surface area contributed by atoms with Crippen LogP contribution < -0.4 is 15.5 Å². The average Bonchev–Trinajstić information content (AvgIpc) is 2.81. The summed E-state index contributed by atoms with van der Waals surface area (Å²) >= 11 is 5.68. The molecule has 2 N–H and O–H groups in total. The van der Waals surface area contributed by atoms with E-state index in [1.807, 2.05) is 55.5 Å². The van der Waals surface area contributed by atoms with E-state index >= 15 is 0 Å². The first-order chi connectivity index (χ1) is 16.0. The van der Waals surface area contributed by atoms with E-state index in [1.54, 1.807) is 6.21 Å². The molecule has 0 saturated heterocycles. The normalized spacial score (nSPS) is 11.0. The lowest BCUT2D eigenvalue weighted by molar-refractivity contribution is 0.252. The maximum Gasteiger partial charge on any atom is 0.339 e. The largest absolute Gasteiger partial charge is 0.488 e. The van der Waals surface area contributed by atoms with Gasteiger partial charge in [-0.15, -0.1) is 0 Å². The molecule has 33 heavy (non-hydrogen) atoms. The third kappa shape index (κ3) is 6.33. The van der Waals surface area contributed by atoms with Crippen molar-refractivity contribution < 1.29 is 9.53 Å². The summed E-state index contributed by atoms with van der Waals surface area (Å²) in [6.45, 7) is 2.45. The van der Waals surface area contributed by atoms with Crippen LogP contribution in [0.15, 0.2) is 88.4 Å². The van der Waals surface area contributed by atoms with E-state index in [0.717, 1.165) is 30.5 Å². The van der Waals surface area contributed by atoms with Gasteiger partial charge in [0.05, 0.1) is 9.78 Å². The van der Waals surface area contributed by atoms with Crippen LogP contribution in [-0.2, 0) is 6.61 Å². The van der Waals surface area contributed by atoms with Crippen molar-refractivity contribution in [3.8, 4) is 5.75 Å². The van der Waals surface area contributed by atoms with Crippen molar-refractivity contribution in [3.05, 3.63) is 104 Å². The number of rotatable bonds is 6. The molecule has 0 bridgehead atoms. The molecule has 4 rings (SSSR count). The zero-order chi connectivity index (χ0) is 23.2. The zero-order valence-corrected chi connectivity index (χ0v) is 21.6. The Labute approximate surface area is 214 Å². The highest BCUT2D eigenvalue weighted by Crippen LogP contribution is 2.24. The van der Waals surface area contributed by atoms with Gasteiger partial charge in [-0.3, -0.25) is 0 Å². The molecule has 0 fully saturated rings. The van der Waals surface area contributed by atoms with Crippen LogP contribution in [0.1, 0.15) is 16.7 Å². The first-order valence-corrected chi connectivity index (χ1v) is 12.1. The van der Waals surface area contributed by atoms with Gasteiger partial charge >= 0.3 is 6.03 Å². The van der Waals surface area contributed by atoms with Crippen molar-refractivity contribution >= 4 is 67.2 Å². The number of nitrogens with one attached hydrogen (secondary N) is 2. The lowest BCUT2D eigenvalue weighted by atomic mass is 10.1. The number of nitrogens with zero attached hydrogens (tertiary/aromatic N) is 1. The number of urea groups is 1. The van der Waals surface area contributed by atoms with Crippen LogP contribution >= 0.6 is 38.5 Å². The van der Waals surface area contributed by atoms with Crippen molar-refractivity contribution in [3.63, 3.8) is 0 Å². The van der Waals surface area contributed by atoms with E-state index in [-0.39, 0.29) is 0 Å². The Hall–Kier alpha value is -2.91. The van der Waals surface area contributed by atoms with Crippen molar-refractivity contribution in [2.75, 3.05) is 5.32 Å². The highest BCUT2D eigenvalue weighted by Gasteiger charge is 2.05. The zero-order valence-electron chi connectivity index (χ0n) is 17.8. The van der Waals surface area contributed by atoms with Gasteiger partial charge < -0.3 is 10.1 Å². The minimum absolute atomic E-state index is 0.405. The van der Waals surface area contributed by atoms with Gasteiger partial charge in [0, 0.05) is 10.2 Å². The smallest absolute Gasteiger partial charge is 0.339 e. The second-order valence-electron chi connectivity index (χ2n) is 7.45. The van der Waals surface area contributed by atoms with Gasteiger partial charge in [0.2, 0.25) is 0 Å². The summed E-state index contributed by atoms with van der Waals surface area (Å²) < 4.78 is 7.98. The monoisotopic (exact) mass is 613 g/mol. The van der Waals surface area contributed by atoms with Gasteiger partial charge in [0.25, 0.3) is 0 Å². The molecule has 0 saturated carbocycles. The summed E-state index contributed by atoms with van der Waals surface area (Å²) in [6.07, 6.45) is 1.60. The lowest BCUT2D eigenvalue weighted by Crippen LogP contribution is -2.24. The van der Waals surface area contributed by atoms with E-state index in [4.69, 9.17) is 4.74 Å². The molecule has 0 heterocycles. The van der Waals surface area contributed by atoms with Crippen molar-refractivity contribution in [2.45, 2.75) is 13.5 Å². The molecular formula is C26H21BrIN3O2. The Balaban J connectivity index is 1.32. The number of aryl methyl sites for hydroxylation is 1. The van der Waals surface area contributed by atoms with Gasteiger partial charge in [0.15, 0.2) is 0 Å². The summed E-state index contributed by atoms with van der Waals surface area (Å²) in [6, 6.07) is 25.6. The molecule has 4 aromatic carbocycles. The van der Waals surface area contributed by atoms with Gasteiger partial charge in [-0.05, 0) is 99.4 Å². The van der Waals surface area contributed by atoms with Crippen LogP contribution in [0.3, 0.4) is 0 Å². The molecule has 0 aliphatic heterocycles. The number of hydrazone groups is 1. The Kier molecular flexibility index (Phi) is 7.61. The van der Waals surface area contributed by atoms with Crippen molar-refractivity contribution in [1.29, 1.82) is 0 Å². The molecule has 4 aromatic rings. The van der Waals surface area contributed by atoms with Crippen LogP contribution in [0.5, 0.6) is 5.75 Å². The minimum atomic E-state index is -0.405. The van der Waals surface area contributed by atoms with E-state index in [0.29, 0.717) is 12.3 Å². The van der Waals surface area contributed by atoms with Crippen LogP contribution in [0, 0.1) is 10.5 Å². The molecule has 0 aliphatic rings. The van der Waals surface area contributed by atoms with Crippen LogP contribution in [0.4, 0.5) is 10.5 Å². The molecule has 0 aromatic heterocycles. The topological polar surface area (TPSA) is 62.7 Å². The SMILES string of the molecule is Cc1cc(NC(=O)N/N=C/c2ccc(OCc3ccc4ccccc4c3)c(I)c2)ccc1Br. The summed E-state index contributed by atoms with van der Waals surface area (Å²) in [5, 5.41) is 9.20. The standard InChI is InChI=1S/C26H21BrIN3O2/c1-17-12-22(9-10-23(17)27)30-26(32)31-29-15-18-7-11-25(24(28)14-18)33-16-19-6-8-20-4-2-3-5-21(20)13-19/h2-15H,16H2,1H3,(H2,30,31,32)/b29-15+. The molecular weight excluding hydrogens is 593 g/mol. The fourth-order valence-corrected chi connectivity index (χ4v) is 4.19. The fourth-order valence-electron chi connectivity index (χ4n) is 3.25. The first kappa shape index (κ1) is 23.3. The lowest BCUT2D eigenvalue weighted by Gasteiger charge is -2.10. The van der Waals surface area contributed by atoms with Gasteiger partial charge in [-0.25, -0.2) is 10.2 Å². The van der Waals surface area contributed by atoms with E-state index in [2.05, 4.69) is 84.7 Å². The number of anilines is 1. The van der Waals surface area contributed by atoms with E-state index < -0.39 is 6.03 Å². The molecule has 0 atom stereocenters. The second kappa shape index (κ2) is 10.8. The van der Waals surface area contributed by atoms with Crippen molar-refractivity contribution in [2.24, 2.45) is 5.10 Å². The highest BCUT2D eigenvalue weighted by molar-refractivity contribution is 14.1. The molecule has 2 amide bonds. The summed E-state index contributed by atoms with van der Waals surface area (Å²) in [4.78, 5) is 12.1. The number of ether oxygens (including phenoxy) is 1. The van der Waals surface area contributed by atoms with Gasteiger partial charge in [-0.2, -0.15) is 5.10 Å². The van der Waals surface area contributed by atoms with Gasteiger partial charge in [0.1, 0.15) is 12.4 Å². The Morgan fingerprint density at radius 2 is 1.85 bits per heavy atom. The number of halogens is 2. The maximum atomic E-state index is 12.1. The van der Waals surface area contributed by atoms with Gasteiger partial charge in [-0.1, -0.05) is 52.3 Å². The molecule has 0 spiro atoms. The average molecular weight is 614 g/mol. The number of amides is 2. The number of fused-ring (bicyclic) bond motifs is 1. The van der Waals surface area contributed by atoms with Crippen LogP contribution in [0.2, 0.25) is 0 Å². The Bertz CT molecular complexity index is 1340. The molecule has 5 nitrogen and oxygen atoms in total. The quantitative estimate of drug-likeness (QED) is 0.137. The number of carbonyl (C=O) groups excluding carboxylic acids is 1. The molecule has 166 valence electrons. The number of benzene rings is 4. The Morgan fingerprint density at radius 3 is 2.64 bits per heavy atom. The van der Waals surface area contributed by atoms with E-state index in [1.165, 1.54) is 10.8 Å². The van der Waals surface area contributed by atoms with Crippen LogP contribution in [-0.4, -0.2) is 12.2 Å². The summed E-state index contributed by atoms with van der Waals surface area (Å²) in [5.74, 6) is 0.803. The van der Waals surface area contributed by atoms with Crippen LogP contribution in [0.25, 0.3) is 10.8 Å². The molecule has 7 heteroatoms. The highest BCUT2D eigenvalue weighted by atomic mass is 127. The third-order valence-electron chi connectivity index (χ3n) is 4.96. The molecule has 0 unspecified atom stereocenters. The van der Waals surface area contributed by atoms with Crippen molar-refractivity contribution in [1.82, 2.24) is 5.43 Å². The number of carbonyl (C=O) groups is 1.